The summed E-state index contributed by atoms with van der Waals surface area (Å²) >= 11 is 0. The topological polar surface area (TPSA) is 169 Å². The molecule has 8 unspecified atom stereocenters. The molecule has 0 bridgehead atoms. The molecule has 0 aliphatic carbocycles. The number of nitrogens with one attached hydrogen (secondary N) is 1. The van der Waals surface area contributed by atoms with Crippen molar-refractivity contribution in [1.82, 2.24) is 5.32 Å². The van der Waals surface area contributed by atoms with Gasteiger partial charge in [-0.05, 0) is 44.9 Å². The summed E-state index contributed by atoms with van der Waals surface area (Å²) in [4.78, 5) is 13.1. The smallest absolute Gasteiger partial charge is 0.249 e. The first kappa shape index (κ1) is 57.4. The summed E-state index contributed by atoms with van der Waals surface area (Å²) in [6.45, 7) is 3.52. The molecule has 1 fully saturated rings. The number of allylic oxidation sites excluding steroid dienone is 5. The Morgan fingerprint density at radius 2 is 1.05 bits per heavy atom. The molecule has 1 amide bonds. The molecule has 0 spiro atoms. The van der Waals surface area contributed by atoms with Gasteiger partial charge >= 0.3 is 0 Å². The Labute approximate surface area is 373 Å². The minimum atomic E-state index is -1.61. The Hall–Kier alpha value is -1.63. The maximum absolute atomic E-state index is 13.1. The van der Waals surface area contributed by atoms with Crippen LogP contribution in [0, 0.1) is 0 Å². The Bertz CT molecular complexity index is 1070. The molecule has 61 heavy (non-hydrogen) atoms. The van der Waals surface area contributed by atoms with Crippen molar-refractivity contribution in [3.05, 3.63) is 36.5 Å². The van der Waals surface area contributed by atoms with Gasteiger partial charge in [0.2, 0.25) is 5.91 Å². The Balaban J connectivity index is 2.35. The van der Waals surface area contributed by atoms with Crippen molar-refractivity contribution < 1.29 is 44.9 Å². The Morgan fingerprint density at radius 1 is 0.590 bits per heavy atom. The van der Waals surface area contributed by atoms with Crippen molar-refractivity contribution >= 4 is 5.91 Å². The molecule has 1 heterocycles. The Kier molecular flexibility index (Phi) is 38.7. The number of amides is 1. The van der Waals surface area contributed by atoms with Crippen molar-refractivity contribution in [2.75, 3.05) is 13.2 Å². The molecule has 1 aliphatic rings. The van der Waals surface area contributed by atoms with Crippen molar-refractivity contribution in [3.63, 3.8) is 0 Å². The first-order valence-electron chi connectivity index (χ1n) is 25.3. The van der Waals surface area contributed by atoms with E-state index in [0.29, 0.717) is 12.8 Å². The van der Waals surface area contributed by atoms with Gasteiger partial charge in [0.05, 0.1) is 25.4 Å². The lowest BCUT2D eigenvalue weighted by Gasteiger charge is -2.40. The molecule has 1 aliphatic heterocycles. The van der Waals surface area contributed by atoms with Gasteiger partial charge in [-0.3, -0.25) is 4.79 Å². The first-order valence-corrected chi connectivity index (χ1v) is 25.3. The van der Waals surface area contributed by atoms with E-state index in [1.807, 2.05) is 6.08 Å². The van der Waals surface area contributed by atoms with Gasteiger partial charge in [0, 0.05) is 0 Å². The summed E-state index contributed by atoms with van der Waals surface area (Å²) in [5.41, 5.74) is 0. The average molecular weight is 866 g/mol. The second-order valence-electron chi connectivity index (χ2n) is 17.7. The lowest BCUT2D eigenvalue weighted by molar-refractivity contribution is -0.302. The number of hydrogen-bond donors (Lipinski definition) is 7. The monoisotopic (exact) mass is 866 g/mol. The molecule has 7 N–H and O–H groups in total. The number of carbonyl (C=O) groups excluding carboxylic acids is 1. The third kappa shape index (κ3) is 31.0. The van der Waals surface area contributed by atoms with Gasteiger partial charge in [0.1, 0.15) is 30.5 Å². The van der Waals surface area contributed by atoms with Crippen LogP contribution in [0.1, 0.15) is 219 Å². The van der Waals surface area contributed by atoms with Gasteiger partial charge < -0.3 is 45.4 Å². The zero-order valence-electron chi connectivity index (χ0n) is 39.0. The van der Waals surface area contributed by atoms with Gasteiger partial charge in [-0.1, -0.05) is 211 Å². The second kappa shape index (κ2) is 41.1. The van der Waals surface area contributed by atoms with Crippen molar-refractivity contribution in [1.29, 1.82) is 0 Å². The number of carbonyl (C=O) groups is 1. The minimum absolute atomic E-state index is 0.305. The molecule has 10 nitrogen and oxygen atoms in total. The lowest BCUT2D eigenvalue weighted by atomic mass is 9.99. The lowest BCUT2D eigenvalue weighted by Crippen LogP contribution is -2.60. The van der Waals surface area contributed by atoms with E-state index < -0.39 is 61.5 Å². The zero-order valence-corrected chi connectivity index (χ0v) is 39.0. The summed E-state index contributed by atoms with van der Waals surface area (Å²) < 4.78 is 11.2. The molecular weight excluding hydrogens is 771 g/mol. The first-order chi connectivity index (χ1) is 29.8. The predicted molar refractivity (Wildman–Crippen MR) is 250 cm³/mol. The maximum atomic E-state index is 13.1. The average Bonchev–Trinajstić information content (AvgIpc) is 3.26. The van der Waals surface area contributed by atoms with Gasteiger partial charge in [0.25, 0.3) is 0 Å². The highest BCUT2D eigenvalue weighted by Gasteiger charge is 2.44. The third-order valence-electron chi connectivity index (χ3n) is 12.1. The zero-order chi connectivity index (χ0) is 44.6. The standard InChI is InChI=1S/C51H95NO9/c1-3-5-7-9-11-13-15-17-19-21-22-23-24-26-28-30-32-34-36-38-40-45(55)50(59)52-43(42-60-51-49(58)48(57)47(56)46(41-53)61-51)44(54)39-37-35-33-31-29-27-25-20-18-16-14-12-10-8-6-4-2/h5,7,11,13,37,39,43-49,51,53-58H,3-4,6,8-10,12,14-36,38,40-42H2,1-2H3,(H,52,59)/b7-5-,13-11-,39-37+. The van der Waals surface area contributed by atoms with Crippen molar-refractivity contribution in [3.8, 4) is 0 Å². The van der Waals surface area contributed by atoms with E-state index in [9.17, 15) is 35.4 Å². The molecule has 10 heteroatoms. The van der Waals surface area contributed by atoms with Crippen LogP contribution in [0.2, 0.25) is 0 Å². The maximum Gasteiger partial charge on any atom is 0.249 e. The molecule has 1 rings (SSSR count). The van der Waals surface area contributed by atoms with E-state index in [4.69, 9.17) is 9.47 Å². The minimum Gasteiger partial charge on any atom is -0.394 e. The van der Waals surface area contributed by atoms with Crippen LogP contribution in [-0.2, 0) is 14.3 Å². The summed E-state index contributed by atoms with van der Waals surface area (Å²) in [6, 6.07) is -0.979. The normalized spacial score (nSPS) is 21.2. The van der Waals surface area contributed by atoms with Crippen LogP contribution in [0.3, 0.4) is 0 Å². The fourth-order valence-electron chi connectivity index (χ4n) is 7.97. The molecular formula is C51H95NO9. The molecule has 0 saturated carbocycles. The molecule has 0 aromatic rings. The molecule has 358 valence electrons. The summed E-state index contributed by atoms with van der Waals surface area (Å²) in [6.07, 6.45) is 40.8. The van der Waals surface area contributed by atoms with E-state index >= 15 is 0 Å². The van der Waals surface area contributed by atoms with Gasteiger partial charge in [-0.2, -0.15) is 0 Å². The Morgan fingerprint density at radius 3 is 1.54 bits per heavy atom. The van der Waals surface area contributed by atoms with Crippen LogP contribution in [0.5, 0.6) is 0 Å². The SMILES string of the molecule is CC/C=C\C/C=C\CCCCCCCCCCCCCCCC(O)C(=O)NC(COC1OC(CO)C(O)C(O)C1O)C(O)/C=C/CCCCCCCCCCCCCCCC. The number of hydrogen-bond acceptors (Lipinski definition) is 9. The van der Waals surface area contributed by atoms with Crippen LogP contribution in [0.4, 0.5) is 0 Å². The number of rotatable bonds is 42. The van der Waals surface area contributed by atoms with E-state index in [-0.39, 0.29) is 6.61 Å². The number of aliphatic hydroxyl groups excluding tert-OH is 6. The van der Waals surface area contributed by atoms with E-state index in [2.05, 4.69) is 43.5 Å². The number of aliphatic hydroxyl groups is 6. The van der Waals surface area contributed by atoms with Crippen LogP contribution < -0.4 is 5.32 Å². The summed E-state index contributed by atoms with van der Waals surface area (Å²) in [5, 5.41) is 64.8. The fraction of sp³-hybridized carbons (Fsp3) is 0.863. The highest BCUT2D eigenvalue weighted by molar-refractivity contribution is 5.80. The van der Waals surface area contributed by atoms with E-state index in [1.54, 1.807) is 6.08 Å². The van der Waals surface area contributed by atoms with Crippen molar-refractivity contribution in [2.45, 2.75) is 268 Å². The summed E-state index contributed by atoms with van der Waals surface area (Å²) in [7, 11) is 0. The highest BCUT2D eigenvalue weighted by atomic mass is 16.7. The number of unbranched alkanes of at least 4 members (excludes halogenated alkanes) is 27. The van der Waals surface area contributed by atoms with E-state index in [0.717, 1.165) is 51.4 Å². The van der Waals surface area contributed by atoms with Gasteiger partial charge in [0.15, 0.2) is 6.29 Å². The summed E-state index contributed by atoms with van der Waals surface area (Å²) in [5.74, 6) is -0.617. The van der Waals surface area contributed by atoms with Crippen LogP contribution in [0.25, 0.3) is 0 Å². The predicted octanol–water partition coefficient (Wildman–Crippen LogP) is 10.2. The molecule has 0 radical (unpaired) electrons. The van der Waals surface area contributed by atoms with Crippen LogP contribution in [-0.4, -0.2) is 98.7 Å². The molecule has 0 aromatic carbocycles. The largest absolute Gasteiger partial charge is 0.394 e. The highest BCUT2D eigenvalue weighted by Crippen LogP contribution is 2.23. The number of ether oxygens (including phenoxy) is 2. The van der Waals surface area contributed by atoms with Crippen molar-refractivity contribution in [2.24, 2.45) is 0 Å². The molecule has 0 aromatic heterocycles. The van der Waals surface area contributed by atoms with Gasteiger partial charge in [-0.25, -0.2) is 0 Å². The fourth-order valence-corrected chi connectivity index (χ4v) is 7.97. The molecule has 1 saturated heterocycles. The van der Waals surface area contributed by atoms with Crippen LogP contribution >= 0.6 is 0 Å². The van der Waals surface area contributed by atoms with E-state index in [1.165, 1.54) is 141 Å². The quantitative estimate of drug-likeness (QED) is 0.0233. The molecule has 8 atom stereocenters. The third-order valence-corrected chi connectivity index (χ3v) is 12.1. The van der Waals surface area contributed by atoms with Gasteiger partial charge in [-0.15, -0.1) is 0 Å². The van der Waals surface area contributed by atoms with Crippen LogP contribution in [0.15, 0.2) is 36.5 Å². The second-order valence-corrected chi connectivity index (χ2v) is 17.7.